The molecule has 4 aromatic rings. The Labute approximate surface area is 126 Å². The first-order chi connectivity index (χ1) is 10.6. The molecular weight excluding hydrogens is 299 g/mol. The van der Waals surface area contributed by atoms with E-state index < -0.39 is 7.60 Å². The topological polar surface area (TPSA) is 78.1 Å². The van der Waals surface area contributed by atoms with Gasteiger partial charge in [0.2, 0.25) is 0 Å². The molecule has 1 unspecified atom stereocenters. The van der Waals surface area contributed by atoms with E-state index in [2.05, 4.69) is 9.97 Å². The molecule has 2 heterocycles. The van der Waals surface area contributed by atoms with Crippen molar-refractivity contribution in [3.63, 3.8) is 0 Å². The Morgan fingerprint density at radius 2 is 1.45 bits per heavy atom. The van der Waals surface area contributed by atoms with Gasteiger partial charge in [0, 0.05) is 34.2 Å². The molecule has 1 atom stereocenters. The minimum Gasteiger partial charge on any atom is -0.419 e. The highest BCUT2D eigenvalue weighted by molar-refractivity contribution is 7.62. The third-order valence-corrected chi connectivity index (χ3v) is 5.07. The number of benzene rings is 2. The van der Waals surface area contributed by atoms with E-state index in [1.807, 2.05) is 42.5 Å². The van der Waals surface area contributed by atoms with Gasteiger partial charge in [-0.3, -0.25) is 0 Å². The summed E-state index contributed by atoms with van der Waals surface area (Å²) in [6, 6.07) is 14.8. The zero-order chi connectivity index (χ0) is 15.2. The van der Waals surface area contributed by atoms with Crippen molar-refractivity contribution in [2.75, 3.05) is 0 Å². The van der Waals surface area contributed by atoms with Crippen LogP contribution in [0.1, 0.15) is 0 Å². The van der Waals surface area contributed by atoms with Crippen molar-refractivity contribution in [3.8, 4) is 5.75 Å². The van der Waals surface area contributed by atoms with Crippen molar-refractivity contribution in [2.24, 2.45) is 0 Å². The molecule has 0 aliphatic carbocycles. The van der Waals surface area contributed by atoms with Crippen molar-refractivity contribution in [3.05, 3.63) is 60.9 Å². The largest absolute Gasteiger partial charge is 0.419 e. The summed E-state index contributed by atoms with van der Waals surface area (Å²) >= 11 is 0. The van der Waals surface area contributed by atoms with Gasteiger partial charge >= 0.3 is 7.60 Å². The predicted octanol–water partition coefficient (Wildman–Crippen LogP) is 3.54. The number of para-hydroxylation sites is 2. The fourth-order valence-electron chi connectivity index (χ4n) is 2.59. The van der Waals surface area contributed by atoms with Crippen LogP contribution in [0.2, 0.25) is 0 Å². The van der Waals surface area contributed by atoms with Crippen molar-refractivity contribution in [2.45, 2.75) is 0 Å². The zero-order valence-electron chi connectivity index (χ0n) is 11.5. The molecule has 0 amide bonds. The summed E-state index contributed by atoms with van der Waals surface area (Å²) in [6.45, 7) is 0. The molecule has 2 aromatic heterocycles. The number of hydrogen-bond acceptors (Lipinski definition) is 2. The molecule has 5 nitrogen and oxygen atoms in total. The second-order valence-electron chi connectivity index (χ2n) is 5.03. The van der Waals surface area contributed by atoms with Gasteiger partial charge in [0.1, 0.15) is 5.30 Å². The van der Waals surface area contributed by atoms with Crippen LogP contribution in [0.3, 0.4) is 0 Å². The van der Waals surface area contributed by atoms with Gasteiger partial charge in [-0.1, -0.05) is 30.3 Å². The van der Waals surface area contributed by atoms with Crippen LogP contribution in [0, 0.1) is 0 Å². The van der Waals surface area contributed by atoms with E-state index in [4.69, 9.17) is 4.52 Å². The summed E-state index contributed by atoms with van der Waals surface area (Å²) < 4.78 is 18.2. The second kappa shape index (κ2) is 4.77. The average molecular weight is 312 g/mol. The third kappa shape index (κ3) is 2.03. The highest BCUT2D eigenvalue weighted by atomic mass is 31.2. The highest BCUT2D eigenvalue weighted by Crippen LogP contribution is 2.45. The summed E-state index contributed by atoms with van der Waals surface area (Å²) in [5.41, 5.74) is 1.66. The fourth-order valence-corrected chi connectivity index (χ4v) is 3.84. The van der Waals surface area contributed by atoms with Gasteiger partial charge in [0.05, 0.1) is 0 Å². The van der Waals surface area contributed by atoms with E-state index in [9.17, 15) is 9.46 Å². The Kier molecular flexibility index (Phi) is 2.86. The van der Waals surface area contributed by atoms with Crippen LogP contribution >= 0.6 is 7.60 Å². The van der Waals surface area contributed by atoms with Gasteiger partial charge in [-0.2, -0.15) is 0 Å². The Morgan fingerprint density at radius 3 is 2.23 bits per heavy atom. The first kappa shape index (κ1) is 13.2. The molecule has 22 heavy (non-hydrogen) atoms. The van der Waals surface area contributed by atoms with Crippen LogP contribution in [-0.4, -0.2) is 14.9 Å². The van der Waals surface area contributed by atoms with E-state index >= 15 is 0 Å². The molecule has 0 radical (unpaired) electrons. The van der Waals surface area contributed by atoms with Gasteiger partial charge in [0.15, 0.2) is 5.75 Å². The quantitative estimate of drug-likeness (QED) is 0.506. The van der Waals surface area contributed by atoms with Crippen LogP contribution in [0.25, 0.3) is 21.8 Å². The Balaban J connectivity index is 1.79. The van der Waals surface area contributed by atoms with Gasteiger partial charge in [0.25, 0.3) is 0 Å². The summed E-state index contributed by atoms with van der Waals surface area (Å²) in [7, 11) is -3.99. The van der Waals surface area contributed by atoms with Gasteiger partial charge in [-0.05, 0) is 18.2 Å². The molecule has 0 saturated carbocycles. The molecule has 0 bridgehead atoms. The van der Waals surface area contributed by atoms with Gasteiger partial charge < -0.3 is 19.4 Å². The van der Waals surface area contributed by atoms with Crippen LogP contribution in [-0.2, 0) is 4.57 Å². The Bertz CT molecular complexity index is 1020. The van der Waals surface area contributed by atoms with E-state index in [0.717, 1.165) is 16.4 Å². The average Bonchev–Trinajstić information content (AvgIpc) is 3.12. The molecule has 0 aliphatic heterocycles. The minimum atomic E-state index is -3.99. The molecule has 6 heteroatoms. The van der Waals surface area contributed by atoms with Gasteiger partial charge in [-0.15, -0.1) is 0 Å². The van der Waals surface area contributed by atoms with E-state index in [-0.39, 0.29) is 5.30 Å². The number of hydrogen-bond donors (Lipinski definition) is 3. The number of nitrogens with one attached hydrogen (secondary N) is 2. The number of rotatable bonds is 3. The first-order valence-corrected chi connectivity index (χ1v) is 8.38. The summed E-state index contributed by atoms with van der Waals surface area (Å²) in [6.07, 6.45) is 3.13. The van der Waals surface area contributed by atoms with Crippen molar-refractivity contribution in [1.82, 2.24) is 9.97 Å². The fraction of sp³-hybridized carbons (Fsp3) is 0. The van der Waals surface area contributed by atoms with E-state index in [1.54, 1.807) is 12.3 Å². The van der Waals surface area contributed by atoms with Crippen LogP contribution < -0.4 is 9.83 Å². The molecule has 3 N–H and O–H groups in total. The van der Waals surface area contributed by atoms with Crippen molar-refractivity contribution < 1.29 is 14.0 Å². The molecule has 0 saturated heterocycles. The third-order valence-electron chi connectivity index (χ3n) is 3.65. The van der Waals surface area contributed by atoms with Crippen LogP contribution in [0.15, 0.2) is 60.9 Å². The lowest BCUT2D eigenvalue weighted by atomic mass is 10.2. The standard InChI is InChI=1S/C16H13N2O3P/c19-22(20,16-10-18-14-8-4-2-6-12(14)16)21-15-9-17-13-7-3-1-5-11(13)15/h1-10,17-18H,(H,19,20). The summed E-state index contributed by atoms with van der Waals surface area (Å²) in [4.78, 5) is 16.4. The van der Waals surface area contributed by atoms with Gasteiger partial charge in [-0.25, -0.2) is 4.57 Å². The lowest BCUT2D eigenvalue weighted by Gasteiger charge is -2.11. The smallest absolute Gasteiger partial charge is 0.410 e. The SMILES string of the molecule is O=P(O)(Oc1c[nH]c2ccccc12)c1c[nH]c2ccccc12. The molecule has 0 spiro atoms. The summed E-state index contributed by atoms with van der Waals surface area (Å²) in [5.74, 6) is 0.367. The number of fused-ring (bicyclic) bond motifs is 2. The normalized spacial score (nSPS) is 14.2. The second-order valence-corrected chi connectivity index (χ2v) is 6.73. The maximum atomic E-state index is 12.7. The first-order valence-electron chi connectivity index (χ1n) is 6.80. The molecule has 0 aliphatic rings. The maximum absolute atomic E-state index is 12.7. The summed E-state index contributed by atoms with van der Waals surface area (Å²) in [5, 5.41) is 1.73. The van der Waals surface area contributed by atoms with E-state index in [0.29, 0.717) is 11.1 Å². The predicted molar refractivity (Wildman–Crippen MR) is 86.7 cm³/mol. The number of H-pyrrole nitrogens is 2. The number of aromatic nitrogens is 2. The lowest BCUT2D eigenvalue weighted by molar-refractivity contribution is 0.395. The van der Waals surface area contributed by atoms with Crippen molar-refractivity contribution >= 4 is 34.7 Å². The monoisotopic (exact) mass is 312 g/mol. The Hall–Kier alpha value is -2.49. The van der Waals surface area contributed by atoms with Crippen LogP contribution in [0.4, 0.5) is 0 Å². The van der Waals surface area contributed by atoms with Crippen LogP contribution in [0.5, 0.6) is 5.75 Å². The molecule has 4 rings (SSSR count). The lowest BCUT2D eigenvalue weighted by Crippen LogP contribution is -2.07. The van der Waals surface area contributed by atoms with E-state index in [1.165, 1.54) is 6.20 Å². The molecular formula is C16H13N2O3P. The Morgan fingerprint density at radius 1 is 0.864 bits per heavy atom. The van der Waals surface area contributed by atoms with Crippen molar-refractivity contribution in [1.29, 1.82) is 0 Å². The maximum Gasteiger partial charge on any atom is 0.410 e. The molecule has 110 valence electrons. The number of aromatic amines is 2. The molecule has 2 aromatic carbocycles. The molecule has 0 fully saturated rings. The zero-order valence-corrected chi connectivity index (χ0v) is 12.4. The highest BCUT2D eigenvalue weighted by Gasteiger charge is 2.28. The minimum absolute atomic E-state index is 0.272.